The summed E-state index contributed by atoms with van der Waals surface area (Å²) in [5.74, 6) is 0.737. The first-order chi connectivity index (χ1) is 8.65. The van der Waals surface area contributed by atoms with E-state index in [0.717, 1.165) is 25.5 Å². The Morgan fingerprint density at radius 3 is 2.72 bits per heavy atom. The van der Waals surface area contributed by atoms with E-state index in [1.54, 1.807) is 7.11 Å². The third kappa shape index (κ3) is 5.65. The van der Waals surface area contributed by atoms with E-state index < -0.39 is 0 Å². The molecule has 0 aromatic carbocycles. The molecule has 1 aliphatic rings. The second kappa shape index (κ2) is 8.86. The minimum absolute atomic E-state index is 0.662. The number of hydrogen-bond acceptors (Lipinski definition) is 4. The Kier molecular flexibility index (Phi) is 7.82. The molecule has 0 amide bonds. The van der Waals surface area contributed by atoms with Gasteiger partial charge in [0.1, 0.15) is 0 Å². The quantitative estimate of drug-likeness (QED) is 0.667. The van der Waals surface area contributed by atoms with Crippen LogP contribution in [0.2, 0.25) is 0 Å². The van der Waals surface area contributed by atoms with Crippen molar-refractivity contribution in [2.24, 2.45) is 5.92 Å². The Morgan fingerprint density at radius 1 is 1.22 bits per heavy atom. The van der Waals surface area contributed by atoms with Crippen LogP contribution in [0.1, 0.15) is 26.7 Å². The molecule has 1 saturated heterocycles. The zero-order valence-corrected chi connectivity index (χ0v) is 12.4. The van der Waals surface area contributed by atoms with E-state index in [-0.39, 0.29) is 0 Å². The van der Waals surface area contributed by atoms with Crippen LogP contribution in [0.25, 0.3) is 0 Å². The van der Waals surface area contributed by atoms with Gasteiger partial charge in [-0.1, -0.05) is 6.92 Å². The van der Waals surface area contributed by atoms with E-state index in [0.29, 0.717) is 25.3 Å². The van der Waals surface area contributed by atoms with Gasteiger partial charge in [-0.15, -0.1) is 0 Å². The molecular formula is C14H30N2O2. The third-order valence-corrected chi connectivity index (χ3v) is 3.91. The molecule has 1 N–H and O–H groups in total. The van der Waals surface area contributed by atoms with Crippen molar-refractivity contribution in [3.8, 4) is 0 Å². The maximum Gasteiger partial charge on any atom is 0.0700 e. The Morgan fingerprint density at radius 2 is 2.00 bits per heavy atom. The van der Waals surface area contributed by atoms with Gasteiger partial charge in [0.2, 0.25) is 0 Å². The molecule has 0 saturated carbocycles. The lowest BCUT2D eigenvalue weighted by molar-refractivity contribution is 0.0677. The molecule has 0 aromatic heterocycles. The first-order valence-electron chi connectivity index (χ1n) is 7.15. The molecule has 1 heterocycles. The molecule has 0 spiro atoms. The van der Waals surface area contributed by atoms with Gasteiger partial charge in [0.15, 0.2) is 0 Å². The number of hydrogen-bond donors (Lipinski definition) is 1. The first-order valence-corrected chi connectivity index (χ1v) is 7.15. The number of methoxy groups -OCH3 is 1. The van der Waals surface area contributed by atoms with Crippen molar-refractivity contribution in [1.82, 2.24) is 10.2 Å². The molecule has 3 unspecified atom stereocenters. The van der Waals surface area contributed by atoms with E-state index in [1.807, 2.05) is 0 Å². The summed E-state index contributed by atoms with van der Waals surface area (Å²) in [4.78, 5) is 2.46. The average Bonchev–Trinajstić information content (AvgIpc) is 2.34. The number of piperidine rings is 1. The molecule has 4 nitrogen and oxygen atoms in total. The van der Waals surface area contributed by atoms with Crippen LogP contribution in [-0.4, -0.2) is 64.1 Å². The SMILES string of the molecule is COCCOCCCNC1CC(C)N(C)CC1C. The van der Waals surface area contributed by atoms with Crippen molar-refractivity contribution in [1.29, 1.82) is 0 Å². The molecule has 0 aliphatic carbocycles. The van der Waals surface area contributed by atoms with Gasteiger partial charge in [-0.3, -0.25) is 0 Å². The Labute approximate surface area is 112 Å². The average molecular weight is 258 g/mol. The number of rotatable bonds is 8. The van der Waals surface area contributed by atoms with E-state index >= 15 is 0 Å². The standard InChI is InChI=1S/C14H30N2O2/c1-12-11-16(3)13(2)10-14(12)15-6-5-7-18-9-8-17-4/h12-15H,5-11H2,1-4H3. The van der Waals surface area contributed by atoms with Gasteiger partial charge in [-0.2, -0.15) is 0 Å². The zero-order valence-electron chi connectivity index (χ0n) is 12.4. The minimum Gasteiger partial charge on any atom is -0.382 e. The van der Waals surface area contributed by atoms with E-state index in [1.165, 1.54) is 13.0 Å². The number of likely N-dealkylation sites (tertiary alicyclic amines) is 1. The van der Waals surface area contributed by atoms with Crippen molar-refractivity contribution < 1.29 is 9.47 Å². The second-order valence-corrected chi connectivity index (χ2v) is 5.52. The van der Waals surface area contributed by atoms with E-state index in [4.69, 9.17) is 9.47 Å². The molecule has 0 bridgehead atoms. The summed E-state index contributed by atoms with van der Waals surface area (Å²) in [6.45, 7) is 9.13. The fourth-order valence-electron chi connectivity index (χ4n) is 2.53. The molecule has 0 aromatic rings. The Balaban J connectivity index is 2.04. The molecule has 1 fully saturated rings. The molecule has 18 heavy (non-hydrogen) atoms. The van der Waals surface area contributed by atoms with Gasteiger partial charge in [0, 0.05) is 32.3 Å². The molecule has 1 rings (SSSR count). The van der Waals surface area contributed by atoms with Crippen LogP contribution < -0.4 is 5.32 Å². The maximum absolute atomic E-state index is 5.46. The van der Waals surface area contributed by atoms with Gasteiger partial charge in [0.25, 0.3) is 0 Å². The zero-order chi connectivity index (χ0) is 13.4. The summed E-state index contributed by atoms with van der Waals surface area (Å²) in [6, 6.07) is 1.35. The molecule has 3 atom stereocenters. The number of nitrogens with one attached hydrogen (secondary N) is 1. The second-order valence-electron chi connectivity index (χ2n) is 5.52. The summed E-state index contributed by atoms with van der Waals surface area (Å²) >= 11 is 0. The van der Waals surface area contributed by atoms with Gasteiger partial charge in [-0.05, 0) is 39.3 Å². The van der Waals surface area contributed by atoms with Crippen molar-refractivity contribution in [2.75, 3.05) is 47.1 Å². The van der Waals surface area contributed by atoms with Crippen LogP contribution in [0.3, 0.4) is 0 Å². The summed E-state index contributed by atoms with van der Waals surface area (Å²) in [5, 5.41) is 3.68. The van der Waals surface area contributed by atoms with Crippen LogP contribution in [0, 0.1) is 5.92 Å². The Bertz CT molecular complexity index is 214. The van der Waals surface area contributed by atoms with Crippen LogP contribution >= 0.6 is 0 Å². The summed E-state index contributed by atoms with van der Waals surface area (Å²) in [6.07, 6.45) is 2.33. The highest BCUT2D eigenvalue weighted by Gasteiger charge is 2.27. The summed E-state index contributed by atoms with van der Waals surface area (Å²) < 4.78 is 10.4. The topological polar surface area (TPSA) is 33.7 Å². The van der Waals surface area contributed by atoms with Crippen LogP contribution in [0.4, 0.5) is 0 Å². The monoisotopic (exact) mass is 258 g/mol. The van der Waals surface area contributed by atoms with Crippen molar-refractivity contribution in [3.05, 3.63) is 0 Å². The van der Waals surface area contributed by atoms with Gasteiger partial charge in [0.05, 0.1) is 13.2 Å². The molecule has 1 aliphatic heterocycles. The molecule has 108 valence electrons. The van der Waals surface area contributed by atoms with Crippen LogP contribution in [-0.2, 0) is 9.47 Å². The normalized spacial score (nSPS) is 29.7. The van der Waals surface area contributed by atoms with Crippen LogP contribution in [0.5, 0.6) is 0 Å². The summed E-state index contributed by atoms with van der Waals surface area (Å²) in [5.41, 5.74) is 0. The van der Waals surface area contributed by atoms with Gasteiger partial charge in [-0.25, -0.2) is 0 Å². The number of nitrogens with zero attached hydrogens (tertiary/aromatic N) is 1. The molecule has 0 radical (unpaired) electrons. The van der Waals surface area contributed by atoms with Crippen molar-refractivity contribution in [2.45, 2.75) is 38.8 Å². The fraction of sp³-hybridized carbons (Fsp3) is 1.00. The molecular weight excluding hydrogens is 228 g/mol. The highest BCUT2D eigenvalue weighted by Crippen LogP contribution is 2.20. The van der Waals surface area contributed by atoms with Crippen LogP contribution in [0.15, 0.2) is 0 Å². The maximum atomic E-state index is 5.46. The lowest BCUT2D eigenvalue weighted by Gasteiger charge is -2.40. The van der Waals surface area contributed by atoms with E-state index in [9.17, 15) is 0 Å². The largest absolute Gasteiger partial charge is 0.382 e. The minimum atomic E-state index is 0.662. The lowest BCUT2D eigenvalue weighted by atomic mass is 9.90. The lowest BCUT2D eigenvalue weighted by Crippen LogP contribution is -2.51. The smallest absolute Gasteiger partial charge is 0.0700 e. The highest BCUT2D eigenvalue weighted by atomic mass is 16.5. The fourth-order valence-corrected chi connectivity index (χ4v) is 2.53. The predicted octanol–water partition coefficient (Wildman–Crippen LogP) is 1.36. The predicted molar refractivity (Wildman–Crippen MR) is 75.0 cm³/mol. The van der Waals surface area contributed by atoms with Gasteiger partial charge >= 0.3 is 0 Å². The summed E-state index contributed by atoms with van der Waals surface area (Å²) in [7, 11) is 3.93. The van der Waals surface area contributed by atoms with Gasteiger partial charge < -0.3 is 19.7 Å². The Hall–Kier alpha value is -0.160. The number of ether oxygens (including phenoxy) is 2. The first kappa shape index (κ1) is 15.9. The van der Waals surface area contributed by atoms with E-state index in [2.05, 4.69) is 31.1 Å². The highest BCUT2D eigenvalue weighted by molar-refractivity contribution is 4.85. The third-order valence-electron chi connectivity index (χ3n) is 3.91. The molecule has 4 heteroatoms. The van der Waals surface area contributed by atoms with Crippen molar-refractivity contribution in [3.63, 3.8) is 0 Å². The van der Waals surface area contributed by atoms with Crippen molar-refractivity contribution >= 4 is 0 Å².